The number of hydrogen-bond donors (Lipinski definition) is 1. The Bertz CT molecular complexity index is 372. The van der Waals surface area contributed by atoms with E-state index in [9.17, 15) is 17.6 Å². The van der Waals surface area contributed by atoms with Gasteiger partial charge in [0.05, 0.1) is 0 Å². The minimum absolute atomic E-state index is 0.308. The molecule has 82 valence electrons. The maximum Gasteiger partial charge on any atom is 0.424 e. The van der Waals surface area contributed by atoms with Crippen molar-refractivity contribution in [3.63, 3.8) is 0 Å². The summed E-state index contributed by atoms with van der Waals surface area (Å²) in [5.74, 6) is 0. The lowest BCUT2D eigenvalue weighted by atomic mass is 10.0. The Morgan fingerprint density at radius 3 is 2.67 bits per heavy atom. The van der Waals surface area contributed by atoms with Crippen molar-refractivity contribution in [3.8, 4) is 0 Å². The maximum atomic E-state index is 13.1. The van der Waals surface area contributed by atoms with Crippen LogP contribution >= 0.6 is 0 Å². The van der Waals surface area contributed by atoms with Crippen LogP contribution in [-0.2, 0) is 6.42 Å². The molecular formula is C10H9F4N. The highest BCUT2D eigenvalue weighted by atomic mass is 19.4. The molecule has 0 amide bonds. The number of anilines is 1. The molecule has 1 nitrogen and oxygen atoms in total. The number of benzene rings is 1. The summed E-state index contributed by atoms with van der Waals surface area (Å²) in [6.45, 7) is 0.566. The Labute approximate surface area is 84.1 Å². The van der Waals surface area contributed by atoms with Crippen LogP contribution in [0.4, 0.5) is 23.2 Å². The third-order valence-corrected chi connectivity index (χ3v) is 2.44. The minimum atomic E-state index is -4.83. The predicted molar refractivity (Wildman–Crippen MR) is 48.5 cm³/mol. The highest BCUT2D eigenvalue weighted by Crippen LogP contribution is 2.41. The van der Waals surface area contributed by atoms with E-state index in [-0.39, 0.29) is 5.56 Å². The second kappa shape index (κ2) is 3.40. The molecular weight excluding hydrogens is 210 g/mol. The van der Waals surface area contributed by atoms with Gasteiger partial charge in [0.1, 0.15) is 0 Å². The van der Waals surface area contributed by atoms with E-state index in [2.05, 4.69) is 5.32 Å². The molecule has 0 radical (unpaired) electrons. The third kappa shape index (κ3) is 1.78. The molecule has 1 aliphatic rings. The van der Waals surface area contributed by atoms with E-state index in [1.807, 2.05) is 0 Å². The van der Waals surface area contributed by atoms with Gasteiger partial charge in [-0.2, -0.15) is 13.2 Å². The number of halogens is 4. The van der Waals surface area contributed by atoms with Crippen molar-refractivity contribution < 1.29 is 17.6 Å². The summed E-state index contributed by atoms with van der Waals surface area (Å²) in [6, 6.07) is 4.34. The first-order valence-corrected chi connectivity index (χ1v) is 4.56. The lowest BCUT2D eigenvalue weighted by Gasteiger charge is -2.15. The molecule has 1 aromatic rings. The monoisotopic (exact) mass is 219 g/mol. The van der Waals surface area contributed by atoms with Gasteiger partial charge in [0, 0.05) is 17.8 Å². The second-order valence-corrected chi connectivity index (χ2v) is 3.46. The van der Waals surface area contributed by atoms with Crippen molar-refractivity contribution in [2.75, 3.05) is 11.9 Å². The Morgan fingerprint density at radius 1 is 1.27 bits per heavy atom. The first-order valence-electron chi connectivity index (χ1n) is 4.56. The van der Waals surface area contributed by atoms with Gasteiger partial charge in [0.2, 0.25) is 6.17 Å². The van der Waals surface area contributed by atoms with Crippen LogP contribution < -0.4 is 5.32 Å². The van der Waals surface area contributed by atoms with Gasteiger partial charge in [-0.05, 0) is 12.0 Å². The number of hydrogen-bond acceptors (Lipinski definition) is 1. The van der Waals surface area contributed by atoms with Crippen LogP contribution in [0.2, 0.25) is 0 Å². The zero-order chi connectivity index (χ0) is 11.1. The van der Waals surface area contributed by atoms with Crippen molar-refractivity contribution >= 4 is 5.69 Å². The Morgan fingerprint density at radius 2 is 2.00 bits per heavy atom. The predicted octanol–water partition coefficient (Wildman–Crippen LogP) is 3.23. The molecule has 0 bridgehead atoms. The van der Waals surface area contributed by atoms with Crippen LogP contribution in [0.1, 0.15) is 17.3 Å². The van der Waals surface area contributed by atoms with Crippen molar-refractivity contribution in [1.29, 1.82) is 0 Å². The lowest BCUT2D eigenvalue weighted by Crippen LogP contribution is -2.17. The fraction of sp³-hybridized carbons (Fsp3) is 0.400. The van der Waals surface area contributed by atoms with Gasteiger partial charge in [-0.3, -0.25) is 0 Å². The number of fused-ring (bicyclic) bond motifs is 1. The van der Waals surface area contributed by atoms with Crippen LogP contribution in [0.25, 0.3) is 0 Å². The summed E-state index contributed by atoms with van der Waals surface area (Å²) in [5, 5.41) is 2.78. The molecule has 1 N–H and O–H groups in total. The molecule has 1 aliphatic heterocycles. The molecule has 0 aromatic heterocycles. The Kier molecular flexibility index (Phi) is 2.32. The molecule has 0 saturated carbocycles. The summed E-state index contributed by atoms with van der Waals surface area (Å²) in [6.07, 6.45) is -7.09. The molecule has 1 atom stereocenters. The zero-order valence-electron chi connectivity index (χ0n) is 7.74. The van der Waals surface area contributed by atoms with Crippen LogP contribution in [-0.4, -0.2) is 12.7 Å². The van der Waals surface area contributed by atoms with Crippen LogP contribution in [0.5, 0.6) is 0 Å². The van der Waals surface area contributed by atoms with Crippen molar-refractivity contribution in [2.45, 2.75) is 18.8 Å². The van der Waals surface area contributed by atoms with E-state index in [0.29, 0.717) is 18.7 Å². The average Bonchev–Trinajstić information content (AvgIpc) is 2.62. The van der Waals surface area contributed by atoms with Gasteiger partial charge < -0.3 is 5.32 Å². The molecule has 0 saturated heterocycles. The third-order valence-electron chi connectivity index (χ3n) is 2.44. The van der Waals surface area contributed by atoms with Gasteiger partial charge in [-0.1, -0.05) is 18.2 Å². The Hall–Kier alpha value is -1.26. The van der Waals surface area contributed by atoms with E-state index in [4.69, 9.17) is 0 Å². The molecule has 0 aliphatic carbocycles. The van der Waals surface area contributed by atoms with Crippen molar-refractivity contribution in [3.05, 3.63) is 29.3 Å². The van der Waals surface area contributed by atoms with Crippen LogP contribution in [0, 0.1) is 0 Å². The molecule has 2 rings (SSSR count). The number of rotatable bonds is 1. The largest absolute Gasteiger partial charge is 0.424 e. The first kappa shape index (κ1) is 10.3. The topological polar surface area (TPSA) is 12.0 Å². The van der Waals surface area contributed by atoms with Crippen molar-refractivity contribution in [1.82, 2.24) is 0 Å². The lowest BCUT2D eigenvalue weighted by molar-refractivity contribution is -0.182. The number of alkyl halides is 4. The molecule has 15 heavy (non-hydrogen) atoms. The maximum absolute atomic E-state index is 13.1. The molecule has 1 unspecified atom stereocenters. The molecule has 1 heterocycles. The zero-order valence-corrected chi connectivity index (χ0v) is 7.74. The molecule has 0 spiro atoms. The molecule has 0 fully saturated rings. The quantitative estimate of drug-likeness (QED) is 0.715. The van der Waals surface area contributed by atoms with Gasteiger partial charge >= 0.3 is 6.18 Å². The van der Waals surface area contributed by atoms with Crippen LogP contribution in [0.3, 0.4) is 0 Å². The number of nitrogens with one attached hydrogen (secondary N) is 1. The van der Waals surface area contributed by atoms with Gasteiger partial charge in [-0.15, -0.1) is 0 Å². The van der Waals surface area contributed by atoms with E-state index < -0.39 is 12.3 Å². The van der Waals surface area contributed by atoms with Gasteiger partial charge in [0.15, 0.2) is 0 Å². The summed E-state index contributed by atoms with van der Waals surface area (Å²) >= 11 is 0. The van der Waals surface area contributed by atoms with Crippen LogP contribution in [0.15, 0.2) is 18.2 Å². The normalized spacial score (nSPS) is 17.1. The Balaban J connectivity index is 2.41. The van der Waals surface area contributed by atoms with Gasteiger partial charge in [-0.25, -0.2) is 4.39 Å². The number of para-hydroxylation sites is 1. The van der Waals surface area contributed by atoms with E-state index in [0.717, 1.165) is 5.56 Å². The van der Waals surface area contributed by atoms with E-state index in [1.165, 1.54) is 12.1 Å². The highest BCUT2D eigenvalue weighted by molar-refractivity contribution is 5.62. The summed E-state index contributed by atoms with van der Waals surface area (Å²) in [4.78, 5) is 0. The molecule has 1 aromatic carbocycles. The fourth-order valence-electron chi connectivity index (χ4n) is 1.75. The first-order chi connectivity index (χ1) is 7.00. The van der Waals surface area contributed by atoms with Crippen molar-refractivity contribution in [2.24, 2.45) is 0 Å². The van der Waals surface area contributed by atoms with E-state index in [1.54, 1.807) is 6.07 Å². The second-order valence-electron chi connectivity index (χ2n) is 3.46. The highest BCUT2D eigenvalue weighted by Gasteiger charge is 2.43. The van der Waals surface area contributed by atoms with Gasteiger partial charge in [0.25, 0.3) is 0 Å². The summed E-state index contributed by atoms with van der Waals surface area (Å²) < 4.78 is 49.7. The standard InChI is InChI=1S/C10H9F4N/c11-9(10(12,13)14)7-3-1-2-6-4-5-15-8(6)7/h1-3,9,15H,4-5H2. The van der Waals surface area contributed by atoms with E-state index >= 15 is 0 Å². The SMILES string of the molecule is FC(c1cccc2c1NCC2)C(F)(F)F. The molecule has 5 heteroatoms. The summed E-state index contributed by atoms with van der Waals surface area (Å²) in [7, 11) is 0. The minimum Gasteiger partial charge on any atom is -0.384 e. The smallest absolute Gasteiger partial charge is 0.384 e. The summed E-state index contributed by atoms with van der Waals surface area (Å²) in [5.41, 5.74) is 0.749. The average molecular weight is 219 g/mol. The fourth-order valence-corrected chi connectivity index (χ4v) is 1.75.